The molecule has 1 aromatic carbocycles. The van der Waals surface area contributed by atoms with Gasteiger partial charge >= 0.3 is 0 Å². The molecule has 0 aliphatic heterocycles. The number of aliphatic hydroxyl groups is 1. The van der Waals surface area contributed by atoms with Crippen molar-refractivity contribution in [1.82, 2.24) is 0 Å². The summed E-state index contributed by atoms with van der Waals surface area (Å²) < 4.78 is 17.5. The van der Waals surface area contributed by atoms with E-state index in [4.69, 9.17) is 4.74 Å². The third kappa shape index (κ3) is 1.74. The molecule has 0 aliphatic rings. The van der Waals surface area contributed by atoms with E-state index in [2.05, 4.69) is 0 Å². The lowest BCUT2D eigenvalue weighted by Crippen LogP contribution is -1.96. The topological polar surface area (TPSA) is 29.5 Å². The van der Waals surface area contributed by atoms with Crippen LogP contribution in [-0.4, -0.2) is 12.2 Å². The minimum Gasteiger partial charge on any atom is -0.496 e. The molecule has 0 radical (unpaired) electrons. The monoisotopic (exact) mass is 170 g/mol. The van der Waals surface area contributed by atoms with E-state index in [0.29, 0.717) is 11.3 Å². The van der Waals surface area contributed by atoms with Crippen molar-refractivity contribution < 1.29 is 14.2 Å². The second kappa shape index (κ2) is 3.54. The average Bonchev–Trinajstić information content (AvgIpc) is 2.03. The highest BCUT2D eigenvalue weighted by atomic mass is 19.1. The van der Waals surface area contributed by atoms with Crippen LogP contribution in [0.15, 0.2) is 18.2 Å². The maximum atomic E-state index is 12.6. The molecule has 0 spiro atoms. The molecule has 0 aliphatic carbocycles. The van der Waals surface area contributed by atoms with E-state index in [1.165, 1.54) is 25.3 Å². The van der Waals surface area contributed by atoms with Gasteiger partial charge in [0.1, 0.15) is 11.6 Å². The van der Waals surface area contributed by atoms with Crippen molar-refractivity contribution in [3.63, 3.8) is 0 Å². The number of hydrogen-bond acceptors (Lipinski definition) is 2. The van der Waals surface area contributed by atoms with Crippen LogP contribution in [0, 0.1) is 5.82 Å². The minimum atomic E-state index is -0.638. The van der Waals surface area contributed by atoms with Crippen molar-refractivity contribution in [1.29, 1.82) is 0 Å². The van der Waals surface area contributed by atoms with Crippen molar-refractivity contribution in [2.75, 3.05) is 7.11 Å². The van der Waals surface area contributed by atoms with E-state index in [1.807, 2.05) is 0 Å². The van der Waals surface area contributed by atoms with Crippen LogP contribution in [0.1, 0.15) is 18.6 Å². The van der Waals surface area contributed by atoms with E-state index < -0.39 is 6.10 Å². The fourth-order valence-electron chi connectivity index (χ4n) is 1.03. The van der Waals surface area contributed by atoms with Gasteiger partial charge in [-0.05, 0) is 19.1 Å². The number of rotatable bonds is 2. The van der Waals surface area contributed by atoms with Crippen LogP contribution in [0.4, 0.5) is 4.39 Å². The van der Waals surface area contributed by atoms with Crippen LogP contribution < -0.4 is 4.74 Å². The Hall–Kier alpha value is -1.09. The van der Waals surface area contributed by atoms with E-state index in [1.54, 1.807) is 6.92 Å². The molecule has 0 heterocycles. The summed E-state index contributed by atoms with van der Waals surface area (Å²) in [4.78, 5) is 0. The van der Waals surface area contributed by atoms with E-state index in [0.717, 1.165) is 0 Å². The van der Waals surface area contributed by atoms with E-state index in [-0.39, 0.29) is 5.82 Å². The first kappa shape index (κ1) is 9.00. The van der Waals surface area contributed by atoms with E-state index >= 15 is 0 Å². The van der Waals surface area contributed by atoms with Crippen molar-refractivity contribution in [3.8, 4) is 5.75 Å². The van der Waals surface area contributed by atoms with Crippen LogP contribution >= 0.6 is 0 Å². The summed E-state index contributed by atoms with van der Waals surface area (Å²) in [6.45, 7) is 1.61. The van der Waals surface area contributed by atoms with Crippen molar-refractivity contribution >= 4 is 0 Å². The number of ether oxygens (including phenoxy) is 1. The number of benzene rings is 1. The summed E-state index contributed by atoms with van der Waals surface area (Å²) in [5, 5.41) is 9.22. The zero-order valence-electron chi connectivity index (χ0n) is 7.04. The summed E-state index contributed by atoms with van der Waals surface area (Å²) in [5.74, 6) is 0.0150. The Balaban J connectivity index is 3.11. The summed E-state index contributed by atoms with van der Waals surface area (Å²) in [7, 11) is 1.45. The molecule has 3 heteroatoms. The van der Waals surface area contributed by atoms with Gasteiger partial charge in [0.05, 0.1) is 13.2 Å². The fraction of sp³-hybridized carbons (Fsp3) is 0.333. The van der Waals surface area contributed by atoms with Gasteiger partial charge in [-0.3, -0.25) is 0 Å². The second-order valence-corrected chi connectivity index (χ2v) is 2.56. The first-order chi connectivity index (χ1) is 5.65. The molecule has 0 unspecified atom stereocenters. The maximum Gasteiger partial charge on any atom is 0.127 e. The second-order valence-electron chi connectivity index (χ2n) is 2.56. The number of halogens is 1. The lowest BCUT2D eigenvalue weighted by Gasteiger charge is -2.09. The zero-order chi connectivity index (χ0) is 9.14. The Morgan fingerprint density at radius 2 is 2.17 bits per heavy atom. The van der Waals surface area contributed by atoms with Gasteiger partial charge < -0.3 is 9.84 Å². The van der Waals surface area contributed by atoms with Crippen molar-refractivity contribution in [3.05, 3.63) is 29.6 Å². The average molecular weight is 170 g/mol. The van der Waals surface area contributed by atoms with E-state index in [9.17, 15) is 9.50 Å². The summed E-state index contributed by atoms with van der Waals surface area (Å²) in [6, 6.07) is 4.06. The Bertz CT molecular complexity index is 271. The highest BCUT2D eigenvalue weighted by Gasteiger charge is 2.08. The molecule has 2 nitrogen and oxygen atoms in total. The normalized spacial score (nSPS) is 12.7. The summed E-state index contributed by atoms with van der Waals surface area (Å²) >= 11 is 0. The number of hydrogen-bond donors (Lipinski definition) is 1. The fourth-order valence-corrected chi connectivity index (χ4v) is 1.03. The highest BCUT2D eigenvalue weighted by molar-refractivity contribution is 5.35. The third-order valence-corrected chi connectivity index (χ3v) is 1.65. The first-order valence-corrected chi connectivity index (χ1v) is 3.66. The molecular weight excluding hydrogens is 159 g/mol. The quantitative estimate of drug-likeness (QED) is 0.734. The van der Waals surface area contributed by atoms with Crippen molar-refractivity contribution in [2.24, 2.45) is 0 Å². The largest absolute Gasteiger partial charge is 0.496 e. The predicted molar refractivity (Wildman–Crippen MR) is 43.6 cm³/mol. The Labute approximate surface area is 70.6 Å². The molecular formula is C9H11FO2. The van der Waals surface area contributed by atoms with Gasteiger partial charge in [0.15, 0.2) is 0 Å². The Morgan fingerprint density at radius 3 is 2.67 bits per heavy atom. The Kier molecular flexibility index (Phi) is 2.65. The van der Waals surface area contributed by atoms with Gasteiger partial charge in [0, 0.05) is 11.6 Å². The van der Waals surface area contributed by atoms with Crippen LogP contribution in [0.3, 0.4) is 0 Å². The summed E-state index contributed by atoms with van der Waals surface area (Å²) in [6.07, 6.45) is -0.638. The maximum absolute atomic E-state index is 12.6. The standard InChI is InChI=1S/C9H11FO2/c1-6(11)8-4-3-7(10)5-9(8)12-2/h3-6,11H,1-2H3/t6-/m0/s1. The van der Waals surface area contributed by atoms with Crippen molar-refractivity contribution in [2.45, 2.75) is 13.0 Å². The van der Waals surface area contributed by atoms with Gasteiger partial charge in [-0.1, -0.05) is 0 Å². The molecule has 66 valence electrons. The number of aliphatic hydroxyl groups excluding tert-OH is 1. The lowest BCUT2D eigenvalue weighted by molar-refractivity contribution is 0.194. The molecule has 1 atom stereocenters. The molecule has 0 fully saturated rings. The molecule has 0 aromatic heterocycles. The third-order valence-electron chi connectivity index (χ3n) is 1.65. The van der Waals surface area contributed by atoms with Crippen LogP contribution in [0.2, 0.25) is 0 Å². The first-order valence-electron chi connectivity index (χ1n) is 3.66. The molecule has 1 N–H and O–H groups in total. The predicted octanol–water partition coefficient (Wildman–Crippen LogP) is 1.89. The lowest BCUT2D eigenvalue weighted by atomic mass is 10.1. The molecule has 0 saturated carbocycles. The molecule has 12 heavy (non-hydrogen) atoms. The van der Waals surface area contributed by atoms with Gasteiger partial charge in [0.2, 0.25) is 0 Å². The van der Waals surface area contributed by atoms with Crippen LogP contribution in [0.25, 0.3) is 0 Å². The molecule has 0 amide bonds. The van der Waals surface area contributed by atoms with Crippen LogP contribution in [-0.2, 0) is 0 Å². The molecule has 0 bridgehead atoms. The Morgan fingerprint density at radius 1 is 1.50 bits per heavy atom. The minimum absolute atomic E-state index is 0.365. The molecule has 1 rings (SSSR count). The molecule has 0 saturated heterocycles. The zero-order valence-corrected chi connectivity index (χ0v) is 7.04. The summed E-state index contributed by atoms with van der Waals surface area (Å²) in [5.41, 5.74) is 0.596. The molecule has 1 aromatic rings. The van der Waals surface area contributed by atoms with Crippen LogP contribution in [0.5, 0.6) is 5.75 Å². The number of methoxy groups -OCH3 is 1. The SMILES string of the molecule is COc1cc(F)ccc1[C@H](C)O. The van der Waals surface area contributed by atoms with Gasteiger partial charge in [-0.15, -0.1) is 0 Å². The smallest absolute Gasteiger partial charge is 0.127 e. The highest BCUT2D eigenvalue weighted by Crippen LogP contribution is 2.25. The van der Waals surface area contributed by atoms with Gasteiger partial charge in [-0.25, -0.2) is 4.39 Å². The van der Waals surface area contributed by atoms with Gasteiger partial charge in [-0.2, -0.15) is 0 Å². The van der Waals surface area contributed by atoms with Gasteiger partial charge in [0.25, 0.3) is 0 Å².